The maximum Gasteiger partial charge on any atom is 0.305 e. The zero-order valence-corrected chi connectivity index (χ0v) is 11.4. The smallest absolute Gasteiger partial charge is 0.305 e. The van der Waals surface area contributed by atoms with Crippen LogP contribution >= 0.6 is 0 Å². The molecule has 0 spiro atoms. The maximum absolute atomic E-state index is 12.6. The Balaban J connectivity index is 1.98. The average molecular weight is 268 g/mol. The number of rotatable bonds is 6. The van der Waals surface area contributed by atoms with Crippen molar-refractivity contribution in [1.82, 2.24) is 4.90 Å². The molecule has 5 nitrogen and oxygen atoms in total. The number of carbonyl (C=O) groups excluding carboxylic acids is 1. The topological polar surface area (TPSA) is 83.6 Å². The van der Waals surface area contributed by atoms with Crippen molar-refractivity contribution < 1.29 is 14.7 Å². The molecule has 0 aliphatic heterocycles. The monoisotopic (exact) mass is 268 g/mol. The number of hydrogen-bond acceptors (Lipinski definition) is 3. The van der Waals surface area contributed by atoms with E-state index in [1.54, 1.807) is 0 Å². The lowest BCUT2D eigenvalue weighted by Gasteiger charge is -2.34. The van der Waals surface area contributed by atoms with E-state index in [9.17, 15) is 9.59 Å². The molecular formula is C14H24N2O3. The summed E-state index contributed by atoms with van der Waals surface area (Å²) in [6.07, 6.45) is 6.27. The highest BCUT2D eigenvalue weighted by Crippen LogP contribution is 2.34. The fourth-order valence-electron chi connectivity index (χ4n) is 3.10. The van der Waals surface area contributed by atoms with Gasteiger partial charge >= 0.3 is 5.97 Å². The first-order chi connectivity index (χ1) is 9.13. The quantitative estimate of drug-likeness (QED) is 0.758. The molecule has 2 aliphatic rings. The van der Waals surface area contributed by atoms with Gasteiger partial charge in [0, 0.05) is 18.5 Å². The van der Waals surface area contributed by atoms with E-state index in [2.05, 4.69) is 0 Å². The van der Waals surface area contributed by atoms with Crippen LogP contribution in [0.2, 0.25) is 0 Å². The fourth-order valence-corrected chi connectivity index (χ4v) is 3.10. The Morgan fingerprint density at radius 3 is 2.42 bits per heavy atom. The zero-order valence-electron chi connectivity index (χ0n) is 11.4. The molecule has 2 saturated carbocycles. The molecule has 2 fully saturated rings. The molecule has 2 unspecified atom stereocenters. The summed E-state index contributed by atoms with van der Waals surface area (Å²) in [5.41, 5.74) is 5.78. The van der Waals surface area contributed by atoms with Crippen molar-refractivity contribution in [1.29, 1.82) is 0 Å². The van der Waals surface area contributed by atoms with Crippen molar-refractivity contribution in [3.63, 3.8) is 0 Å². The fraction of sp³-hybridized carbons (Fsp3) is 0.857. The number of nitrogens with two attached hydrogens (primary N) is 1. The lowest BCUT2D eigenvalue weighted by molar-refractivity contribution is -0.141. The number of nitrogens with zero attached hydrogens (tertiary/aromatic N) is 1. The van der Waals surface area contributed by atoms with Gasteiger partial charge in [0.2, 0.25) is 5.91 Å². The summed E-state index contributed by atoms with van der Waals surface area (Å²) < 4.78 is 0. The number of hydrogen-bond donors (Lipinski definition) is 2. The van der Waals surface area contributed by atoms with Gasteiger partial charge < -0.3 is 15.7 Å². The van der Waals surface area contributed by atoms with E-state index in [1.165, 1.54) is 0 Å². The molecule has 108 valence electrons. The number of aliphatic carboxylic acids is 1. The predicted molar refractivity (Wildman–Crippen MR) is 71.5 cm³/mol. The van der Waals surface area contributed by atoms with Crippen LogP contribution in [0.25, 0.3) is 0 Å². The van der Waals surface area contributed by atoms with Gasteiger partial charge in [0.15, 0.2) is 0 Å². The summed E-state index contributed by atoms with van der Waals surface area (Å²) in [5, 5.41) is 8.80. The van der Waals surface area contributed by atoms with Gasteiger partial charge in [0.05, 0.1) is 6.42 Å². The molecule has 5 heteroatoms. The first kappa shape index (κ1) is 14.3. The summed E-state index contributed by atoms with van der Waals surface area (Å²) in [6, 6.07) is 0.284. The van der Waals surface area contributed by atoms with Gasteiger partial charge in [-0.2, -0.15) is 0 Å². The third kappa shape index (κ3) is 3.69. The van der Waals surface area contributed by atoms with Crippen molar-refractivity contribution >= 4 is 11.9 Å². The van der Waals surface area contributed by atoms with Gasteiger partial charge in [-0.25, -0.2) is 0 Å². The Kier molecular flexibility index (Phi) is 4.80. The predicted octanol–water partition coefficient (Wildman–Crippen LogP) is 1.22. The molecule has 0 bridgehead atoms. The summed E-state index contributed by atoms with van der Waals surface area (Å²) >= 11 is 0. The third-order valence-electron chi connectivity index (χ3n) is 4.37. The van der Waals surface area contributed by atoms with E-state index in [4.69, 9.17) is 10.8 Å². The number of carboxylic acids is 1. The van der Waals surface area contributed by atoms with E-state index in [0.717, 1.165) is 38.5 Å². The van der Waals surface area contributed by atoms with Gasteiger partial charge in [-0.3, -0.25) is 9.59 Å². The molecular weight excluding hydrogens is 244 g/mol. The maximum atomic E-state index is 12.6. The second-order valence-corrected chi connectivity index (χ2v) is 5.79. The highest BCUT2D eigenvalue weighted by molar-refractivity contribution is 5.80. The van der Waals surface area contributed by atoms with Crippen molar-refractivity contribution in [2.24, 2.45) is 17.6 Å². The molecule has 0 heterocycles. The minimum Gasteiger partial charge on any atom is -0.481 e. The van der Waals surface area contributed by atoms with E-state index in [-0.39, 0.29) is 30.2 Å². The number of carbonyl (C=O) groups is 2. The van der Waals surface area contributed by atoms with Crippen LogP contribution in [0, 0.1) is 11.8 Å². The molecule has 3 N–H and O–H groups in total. The van der Waals surface area contributed by atoms with Gasteiger partial charge in [0.25, 0.3) is 0 Å². The van der Waals surface area contributed by atoms with Crippen LogP contribution in [0.3, 0.4) is 0 Å². The van der Waals surface area contributed by atoms with Crippen LogP contribution in [-0.2, 0) is 9.59 Å². The Bertz CT molecular complexity index is 342. The van der Waals surface area contributed by atoms with Crippen molar-refractivity contribution in [2.75, 3.05) is 13.1 Å². The zero-order chi connectivity index (χ0) is 13.8. The molecule has 0 aromatic carbocycles. The van der Waals surface area contributed by atoms with Crippen LogP contribution in [-0.4, -0.2) is 41.0 Å². The van der Waals surface area contributed by atoms with Crippen LogP contribution in [0.15, 0.2) is 0 Å². The molecule has 19 heavy (non-hydrogen) atoms. The number of carboxylic acid groups (broad SMARTS) is 1. The normalized spacial score (nSPS) is 27.0. The Hall–Kier alpha value is -1.10. The van der Waals surface area contributed by atoms with E-state index < -0.39 is 5.97 Å². The second-order valence-electron chi connectivity index (χ2n) is 5.79. The van der Waals surface area contributed by atoms with Crippen LogP contribution < -0.4 is 5.73 Å². The molecule has 0 aromatic heterocycles. The average Bonchev–Trinajstić information content (AvgIpc) is 3.23. The summed E-state index contributed by atoms with van der Waals surface area (Å²) in [7, 11) is 0. The Morgan fingerprint density at radius 2 is 1.84 bits per heavy atom. The molecule has 2 rings (SSSR count). The van der Waals surface area contributed by atoms with Crippen LogP contribution in [0.5, 0.6) is 0 Å². The first-order valence-corrected chi connectivity index (χ1v) is 7.35. The summed E-state index contributed by atoms with van der Waals surface area (Å²) in [5.74, 6) is -0.378. The van der Waals surface area contributed by atoms with Crippen molar-refractivity contribution in [3.8, 4) is 0 Å². The molecule has 0 saturated heterocycles. The second kappa shape index (κ2) is 6.37. The summed E-state index contributed by atoms with van der Waals surface area (Å²) in [6.45, 7) is 0.917. The Labute approximate surface area is 114 Å². The van der Waals surface area contributed by atoms with Gasteiger partial charge in [0.1, 0.15) is 0 Å². The summed E-state index contributed by atoms with van der Waals surface area (Å²) in [4.78, 5) is 25.2. The molecule has 0 radical (unpaired) electrons. The SMILES string of the molecule is NCC1CCCCC1C(=O)N(CCC(=O)O)C1CC1. The first-order valence-electron chi connectivity index (χ1n) is 7.35. The molecule has 2 atom stereocenters. The van der Waals surface area contributed by atoms with Crippen LogP contribution in [0.4, 0.5) is 0 Å². The third-order valence-corrected chi connectivity index (χ3v) is 4.37. The molecule has 1 amide bonds. The lowest BCUT2D eigenvalue weighted by atomic mass is 9.78. The van der Waals surface area contributed by atoms with E-state index >= 15 is 0 Å². The standard InChI is InChI=1S/C14H24N2O3/c15-9-10-3-1-2-4-12(10)14(19)16(11-5-6-11)8-7-13(17)18/h10-12H,1-9,15H2,(H,17,18). The molecule has 0 aromatic rings. The minimum atomic E-state index is -0.836. The highest BCUT2D eigenvalue weighted by Gasteiger charge is 2.39. The number of amides is 1. The largest absolute Gasteiger partial charge is 0.481 e. The highest BCUT2D eigenvalue weighted by atomic mass is 16.4. The van der Waals surface area contributed by atoms with Gasteiger partial charge in [-0.1, -0.05) is 12.8 Å². The Morgan fingerprint density at radius 1 is 1.16 bits per heavy atom. The lowest BCUT2D eigenvalue weighted by Crippen LogP contribution is -2.44. The van der Waals surface area contributed by atoms with Crippen molar-refractivity contribution in [3.05, 3.63) is 0 Å². The van der Waals surface area contributed by atoms with Gasteiger partial charge in [-0.15, -0.1) is 0 Å². The van der Waals surface area contributed by atoms with Gasteiger partial charge in [-0.05, 0) is 38.1 Å². The van der Waals surface area contributed by atoms with Crippen molar-refractivity contribution in [2.45, 2.75) is 51.0 Å². The van der Waals surface area contributed by atoms with E-state index in [0.29, 0.717) is 13.1 Å². The minimum absolute atomic E-state index is 0.0214. The van der Waals surface area contributed by atoms with Crippen LogP contribution in [0.1, 0.15) is 44.9 Å². The molecule has 2 aliphatic carbocycles. The van der Waals surface area contributed by atoms with E-state index in [1.807, 2.05) is 4.90 Å².